The Balaban J connectivity index is 2.04. The number of phenolic OH excluding ortho intramolecular Hbond substituents is 1. The van der Waals surface area contributed by atoms with Crippen LogP contribution >= 0.6 is 0 Å². The molecule has 0 unspecified atom stereocenters. The van der Waals surface area contributed by atoms with Crippen LogP contribution in [0.1, 0.15) is 6.42 Å². The van der Waals surface area contributed by atoms with Crippen molar-refractivity contribution in [3.05, 3.63) is 24.3 Å². The molecule has 4 atom stereocenters. The summed E-state index contributed by atoms with van der Waals surface area (Å²) in [6.07, 6.45) is -3.84. The maximum atomic E-state index is 9.61. The van der Waals surface area contributed by atoms with Crippen molar-refractivity contribution >= 4 is 0 Å². The molecule has 0 saturated carbocycles. The Morgan fingerprint density at radius 3 is 2.67 bits per heavy atom. The summed E-state index contributed by atoms with van der Waals surface area (Å²) in [6, 6.07) is 6.36. The third kappa shape index (κ3) is 2.73. The summed E-state index contributed by atoms with van der Waals surface area (Å²) in [5, 5.41) is 37.7. The number of ether oxygens (including phenoxy) is 2. The lowest BCUT2D eigenvalue weighted by Crippen LogP contribution is -2.51. The standard InChI is InChI=1S/C12H16O6/c13-6-10-12(16)8(15)5-11(18-10)17-9-4-2-1-3-7(9)14/h1-4,8,10-16H,5-6H2/t8-,10-,11-,12-/m1/s1. The highest BCUT2D eigenvalue weighted by molar-refractivity contribution is 5.38. The molecule has 0 bridgehead atoms. The number of rotatable bonds is 3. The van der Waals surface area contributed by atoms with Crippen molar-refractivity contribution < 1.29 is 29.9 Å². The average molecular weight is 256 g/mol. The molecule has 6 heteroatoms. The van der Waals surface area contributed by atoms with Gasteiger partial charge in [-0.25, -0.2) is 0 Å². The summed E-state index contributed by atoms with van der Waals surface area (Å²) >= 11 is 0. The molecular weight excluding hydrogens is 240 g/mol. The predicted octanol–water partition coefficient (Wildman–Crippen LogP) is -0.400. The lowest BCUT2D eigenvalue weighted by atomic mass is 10.0. The van der Waals surface area contributed by atoms with Gasteiger partial charge in [-0.15, -0.1) is 0 Å². The van der Waals surface area contributed by atoms with E-state index in [1.54, 1.807) is 18.2 Å². The molecule has 1 saturated heterocycles. The molecule has 100 valence electrons. The molecule has 0 radical (unpaired) electrons. The molecule has 0 aromatic heterocycles. The Morgan fingerprint density at radius 1 is 1.28 bits per heavy atom. The van der Waals surface area contributed by atoms with Gasteiger partial charge in [0.1, 0.15) is 12.2 Å². The molecule has 0 aliphatic carbocycles. The van der Waals surface area contributed by atoms with E-state index in [0.29, 0.717) is 0 Å². The first-order valence-corrected chi connectivity index (χ1v) is 5.69. The van der Waals surface area contributed by atoms with Gasteiger partial charge in [0.2, 0.25) is 6.29 Å². The van der Waals surface area contributed by atoms with Crippen LogP contribution in [0.25, 0.3) is 0 Å². The second-order valence-electron chi connectivity index (χ2n) is 4.17. The Kier molecular flexibility index (Phi) is 4.03. The number of aliphatic hydroxyl groups is 3. The molecule has 0 amide bonds. The molecule has 4 N–H and O–H groups in total. The molecule has 1 aromatic rings. The number of para-hydroxylation sites is 2. The fourth-order valence-electron chi connectivity index (χ4n) is 1.84. The van der Waals surface area contributed by atoms with E-state index in [9.17, 15) is 15.3 Å². The van der Waals surface area contributed by atoms with Crippen LogP contribution in [0.5, 0.6) is 11.5 Å². The van der Waals surface area contributed by atoms with Crippen LogP contribution in [0.15, 0.2) is 24.3 Å². The minimum atomic E-state index is -1.14. The Hall–Kier alpha value is -1.34. The predicted molar refractivity (Wildman–Crippen MR) is 61.1 cm³/mol. The second kappa shape index (κ2) is 5.53. The topological polar surface area (TPSA) is 99.4 Å². The summed E-state index contributed by atoms with van der Waals surface area (Å²) in [5.41, 5.74) is 0. The number of hydrogen-bond acceptors (Lipinski definition) is 6. The van der Waals surface area contributed by atoms with Crippen LogP contribution in [0.2, 0.25) is 0 Å². The molecule has 0 spiro atoms. The Bertz CT molecular complexity index is 396. The molecule has 1 aromatic carbocycles. The average Bonchev–Trinajstić information content (AvgIpc) is 2.36. The van der Waals surface area contributed by atoms with Crippen molar-refractivity contribution in [3.8, 4) is 11.5 Å². The van der Waals surface area contributed by atoms with E-state index in [0.717, 1.165) is 0 Å². The summed E-state index contributed by atoms with van der Waals surface area (Å²) in [4.78, 5) is 0. The van der Waals surface area contributed by atoms with Gasteiger partial charge in [-0.1, -0.05) is 12.1 Å². The normalized spacial score (nSPS) is 32.2. The second-order valence-corrected chi connectivity index (χ2v) is 4.17. The first kappa shape index (κ1) is 13.1. The maximum absolute atomic E-state index is 9.61. The van der Waals surface area contributed by atoms with E-state index in [1.165, 1.54) is 6.07 Å². The van der Waals surface area contributed by atoms with Crippen molar-refractivity contribution in [1.82, 2.24) is 0 Å². The first-order valence-electron chi connectivity index (χ1n) is 5.69. The zero-order valence-electron chi connectivity index (χ0n) is 9.64. The minimum Gasteiger partial charge on any atom is -0.504 e. The number of hydrogen-bond donors (Lipinski definition) is 4. The number of phenols is 1. The summed E-state index contributed by atoms with van der Waals surface area (Å²) in [7, 11) is 0. The molecule has 6 nitrogen and oxygen atoms in total. The largest absolute Gasteiger partial charge is 0.504 e. The number of aliphatic hydroxyl groups excluding tert-OH is 3. The summed E-state index contributed by atoms with van der Waals surface area (Å²) in [5.74, 6) is 0.185. The Labute approximate surface area is 104 Å². The van der Waals surface area contributed by atoms with Crippen molar-refractivity contribution in [3.63, 3.8) is 0 Å². The summed E-state index contributed by atoms with van der Waals surface area (Å²) in [6.45, 7) is -0.418. The lowest BCUT2D eigenvalue weighted by Gasteiger charge is -2.36. The third-order valence-corrected chi connectivity index (χ3v) is 2.84. The van der Waals surface area contributed by atoms with E-state index in [-0.39, 0.29) is 17.9 Å². The minimum absolute atomic E-state index is 0.0396. The van der Waals surface area contributed by atoms with E-state index in [2.05, 4.69) is 0 Å². The van der Waals surface area contributed by atoms with Gasteiger partial charge in [-0.3, -0.25) is 0 Å². The van der Waals surface area contributed by atoms with Gasteiger partial charge >= 0.3 is 0 Å². The molecule has 18 heavy (non-hydrogen) atoms. The zero-order valence-corrected chi connectivity index (χ0v) is 9.64. The SMILES string of the molecule is OC[C@H]1O[C@@H](Oc2ccccc2O)C[C@@H](O)[C@H]1O. The molecule has 1 heterocycles. The first-order chi connectivity index (χ1) is 8.61. The van der Waals surface area contributed by atoms with Crippen LogP contribution in [-0.4, -0.2) is 51.6 Å². The molecule has 2 rings (SSSR count). The maximum Gasteiger partial charge on any atom is 0.203 e. The monoisotopic (exact) mass is 256 g/mol. The van der Waals surface area contributed by atoms with Gasteiger partial charge in [-0.2, -0.15) is 0 Å². The van der Waals surface area contributed by atoms with Gasteiger partial charge < -0.3 is 29.9 Å². The van der Waals surface area contributed by atoms with E-state index in [1.807, 2.05) is 0 Å². The van der Waals surface area contributed by atoms with Crippen LogP contribution < -0.4 is 4.74 Å². The van der Waals surface area contributed by atoms with Crippen LogP contribution in [0.3, 0.4) is 0 Å². The highest BCUT2D eigenvalue weighted by Gasteiger charge is 2.37. The van der Waals surface area contributed by atoms with Crippen molar-refractivity contribution in [2.45, 2.75) is 31.0 Å². The van der Waals surface area contributed by atoms with E-state index < -0.39 is 31.2 Å². The number of aromatic hydroxyl groups is 1. The third-order valence-electron chi connectivity index (χ3n) is 2.84. The smallest absolute Gasteiger partial charge is 0.203 e. The van der Waals surface area contributed by atoms with E-state index >= 15 is 0 Å². The molecule has 1 aliphatic rings. The van der Waals surface area contributed by atoms with Gasteiger partial charge in [-0.05, 0) is 12.1 Å². The lowest BCUT2D eigenvalue weighted by molar-refractivity contribution is -0.230. The fourth-order valence-corrected chi connectivity index (χ4v) is 1.84. The highest BCUT2D eigenvalue weighted by atomic mass is 16.7. The van der Waals surface area contributed by atoms with Gasteiger partial charge in [0, 0.05) is 6.42 Å². The van der Waals surface area contributed by atoms with Gasteiger partial charge in [0.25, 0.3) is 0 Å². The number of benzene rings is 1. The Morgan fingerprint density at radius 2 is 2.00 bits per heavy atom. The van der Waals surface area contributed by atoms with E-state index in [4.69, 9.17) is 14.6 Å². The zero-order chi connectivity index (χ0) is 13.1. The van der Waals surface area contributed by atoms with Gasteiger partial charge in [0.15, 0.2) is 11.5 Å². The van der Waals surface area contributed by atoms with Crippen LogP contribution in [0, 0.1) is 0 Å². The van der Waals surface area contributed by atoms with Gasteiger partial charge in [0.05, 0.1) is 12.7 Å². The summed E-state index contributed by atoms with van der Waals surface area (Å²) < 4.78 is 10.7. The fraction of sp³-hybridized carbons (Fsp3) is 0.500. The van der Waals surface area contributed by atoms with Crippen molar-refractivity contribution in [2.24, 2.45) is 0 Å². The molecule has 1 fully saturated rings. The molecular formula is C12H16O6. The quantitative estimate of drug-likeness (QED) is 0.587. The molecule has 1 aliphatic heterocycles. The van der Waals surface area contributed by atoms with Crippen molar-refractivity contribution in [2.75, 3.05) is 6.61 Å². The van der Waals surface area contributed by atoms with Crippen LogP contribution in [0.4, 0.5) is 0 Å². The highest BCUT2D eigenvalue weighted by Crippen LogP contribution is 2.29. The van der Waals surface area contributed by atoms with Crippen molar-refractivity contribution in [1.29, 1.82) is 0 Å². The van der Waals surface area contributed by atoms with Crippen LogP contribution in [-0.2, 0) is 4.74 Å².